The quantitative estimate of drug-likeness (QED) is 0.229. The minimum atomic E-state index is -4.62. The summed E-state index contributed by atoms with van der Waals surface area (Å²) in [7, 11) is 1.30. The van der Waals surface area contributed by atoms with E-state index >= 15 is 0 Å². The second kappa shape index (κ2) is 14.4. The fourth-order valence-electron chi connectivity index (χ4n) is 3.45. The molecule has 0 aromatic carbocycles. The molecule has 1 aliphatic rings. The van der Waals surface area contributed by atoms with Gasteiger partial charge in [-0.05, 0) is 44.6 Å². The average molecular weight is 494 g/mol. The highest BCUT2D eigenvalue weighted by Gasteiger charge is 2.35. The Balaban J connectivity index is 0.00000298. The fraction of sp³-hybridized carbons (Fsp3) is 0.538. The summed E-state index contributed by atoms with van der Waals surface area (Å²) >= 11 is 0. The van der Waals surface area contributed by atoms with Crippen LogP contribution in [0.25, 0.3) is 0 Å². The molecule has 2 N–H and O–H groups in total. The molecule has 1 saturated carbocycles. The van der Waals surface area contributed by atoms with Gasteiger partial charge in [0.1, 0.15) is 5.69 Å². The molecule has 1 fully saturated rings. The first-order valence-corrected chi connectivity index (χ1v) is 12.2. The van der Waals surface area contributed by atoms with Crippen molar-refractivity contribution < 1.29 is 18.0 Å². The van der Waals surface area contributed by atoms with Gasteiger partial charge < -0.3 is 5.32 Å². The van der Waals surface area contributed by atoms with Crippen LogP contribution in [-0.4, -0.2) is 33.8 Å². The number of carbonyl (C=O) groups is 1. The number of alkyl halides is 3. The van der Waals surface area contributed by atoms with E-state index in [0.29, 0.717) is 11.3 Å². The van der Waals surface area contributed by atoms with Crippen molar-refractivity contribution in [1.82, 2.24) is 15.1 Å². The van der Waals surface area contributed by atoms with Gasteiger partial charge in [0.25, 0.3) is 5.91 Å². The predicted molar refractivity (Wildman–Crippen MR) is 136 cm³/mol. The van der Waals surface area contributed by atoms with E-state index in [0.717, 1.165) is 48.4 Å². The van der Waals surface area contributed by atoms with Gasteiger partial charge in [-0.25, -0.2) is 4.99 Å². The molecule has 0 aliphatic heterocycles. The topological polar surface area (TPSA) is 83.1 Å². The van der Waals surface area contributed by atoms with Gasteiger partial charge in [-0.2, -0.15) is 18.3 Å². The van der Waals surface area contributed by atoms with Crippen molar-refractivity contribution in [3.05, 3.63) is 52.9 Å². The van der Waals surface area contributed by atoms with E-state index in [4.69, 9.17) is 5.41 Å². The van der Waals surface area contributed by atoms with Gasteiger partial charge >= 0.3 is 6.18 Å². The van der Waals surface area contributed by atoms with Gasteiger partial charge in [-0.3, -0.25) is 14.9 Å². The molecule has 1 aliphatic carbocycles. The lowest BCUT2D eigenvalue weighted by molar-refractivity contribution is -0.141. The monoisotopic (exact) mass is 493 g/mol. The maximum absolute atomic E-state index is 12.9. The molecule has 0 bridgehead atoms. The lowest BCUT2D eigenvalue weighted by Crippen LogP contribution is -2.36. The molecule has 1 heterocycles. The van der Waals surface area contributed by atoms with Crippen molar-refractivity contribution in [2.45, 2.75) is 72.9 Å². The minimum Gasteiger partial charge on any atom is -0.345 e. The van der Waals surface area contributed by atoms with Gasteiger partial charge in [0.05, 0.1) is 6.54 Å². The molecule has 6 nitrogen and oxygen atoms in total. The molecule has 35 heavy (non-hydrogen) atoms. The average Bonchev–Trinajstić information content (AvgIpc) is 3.18. The molecular formula is C26H38F3N5O. The minimum absolute atomic E-state index is 0.0625. The van der Waals surface area contributed by atoms with Gasteiger partial charge in [0.2, 0.25) is 0 Å². The molecule has 0 saturated heterocycles. The lowest BCUT2D eigenvalue weighted by Gasteiger charge is -2.27. The summed E-state index contributed by atoms with van der Waals surface area (Å²) < 4.78 is 39.6. The number of nitrogens with one attached hydrogen (secondary N) is 2. The van der Waals surface area contributed by atoms with Gasteiger partial charge in [-0.1, -0.05) is 57.9 Å². The Labute approximate surface area is 206 Å². The highest BCUT2D eigenvalue weighted by Crippen LogP contribution is 2.29. The van der Waals surface area contributed by atoms with E-state index in [1.165, 1.54) is 7.05 Å². The number of amidine groups is 1. The number of carbonyl (C=O) groups excluding carboxylic acids is 1. The number of hydrogen-bond donors (Lipinski definition) is 2. The number of amides is 1. The number of aromatic nitrogens is 2. The molecule has 0 atom stereocenters. The van der Waals surface area contributed by atoms with Crippen LogP contribution in [0.2, 0.25) is 0 Å². The van der Waals surface area contributed by atoms with E-state index < -0.39 is 17.8 Å². The Morgan fingerprint density at radius 3 is 2.43 bits per heavy atom. The number of halogens is 3. The summed E-state index contributed by atoms with van der Waals surface area (Å²) in [5.41, 5.74) is 1.14. The van der Waals surface area contributed by atoms with Gasteiger partial charge in [-0.15, -0.1) is 0 Å². The SMILES string of the molecule is CC.C\C=C/C(=C\C(=C\CC)CC)C(=N)N=C(CNC(=O)c1cc(C(F)(F)F)nn1C)C1CCC1. The highest BCUT2D eigenvalue weighted by molar-refractivity contribution is 6.09. The zero-order valence-corrected chi connectivity index (χ0v) is 21.6. The maximum atomic E-state index is 12.9. The van der Waals surface area contributed by atoms with Crippen LogP contribution in [0, 0.1) is 11.3 Å². The van der Waals surface area contributed by atoms with Crippen LogP contribution < -0.4 is 5.32 Å². The Hall–Kier alpha value is -2.97. The van der Waals surface area contributed by atoms with Crippen molar-refractivity contribution in [3.8, 4) is 0 Å². The summed E-state index contributed by atoms with van der Waals surface area (Å²) in [6.07, 6.45) is 7.69. The van der Waals surface area contributed by atoms with Crippen molar-refractivity contribution in [3.63, 3.8) is 0 Å². The third-order valence-corrected chi connectivity index (χ3v) is 5.50. The summed E-state index contributed by atoms with van der Waals surface area (Å²) in [6, 6.07) is 0.733. The fourth-order valence-corrected chi connectivity index (χ4v) is 3.45. The molecule has 1 amide bonds. The number of aryl methyl sites for hydroxylation is 1. The largest absolute Gasteiger partial charge is 0.435 e. The van der Waals surface area contributed by atoms with Crippen LogP contribution in [-0.2, 0) is 13.2 Å². The normalized spacial score (nSPS) is 15.5. The van der Waals surface area contributed by atoms with Crippen LogP contribution in [0.1, 0.15) is 82.9 Å². The second-order valence-corrected chi connectivity index (χ2v) is 7.94. The van der Waals surface area contributed by atoms with Crippen LogP contribution in [0.4, 0.5) is 13.2 Å². The molecule has 0 radical (unpaired) electrons. The third-order valence-electron chi connectivity index (χ3n) is 5.50. The first-order valence-electron chi connectivity index (χ1n) is 12.2. The van der Waals surface area contributed by atoms with E-state index in [2.05, 4.69) is 35.3 Å². The third kappa shape index (κ3) is 8.96. The Kier molecular flexibility index (Phi) is 12.4. The van der Waals surface area contributed by atoms with Crippen molar-refractivity contribution in [2.24, 2.45) is 18.0 Å². The van der Waals surface area contributed by atoms with Crippen molar-refractivity contribution in [1.29, 1.82) is 5.41 Å². The van der Waals surface area contributed by atoms with Crippen molar-refractivity contribution >= 4 is 17.5 Å². The zero-order valence-electron chi connectivity index (χ0n) is 21.6. The number of nitrogens with zero attached hydrogens (tertiary/aromatic N) is 3. The number of rotatable bonds is 9. The maximum Gasteiger partial charge on any atom is 0.435 e. The van der Waals surface area contributed by atoms with Gasteiger partial charge in [0, 0.05) is 24.4 Å². The number of allylic oxidation sites excluding steroid dienone is 4. The summed E-state index contributed by atoms with van der Waals surface area (Å²) in [4.78, 5) is 17.1. The van der Waals surface area contributed by atoms with E-state index in [9.17, 15) is 18.0 Å². The van der Waals surface area contributed by atoms with Crippen molar-refractivity contribution in [2.75, 3.05) is 6.54 Å². The smallest absolute Gasteiger partial charge is 0.345 e. The first-order chi connectivity index (χ1) is 16.6. The molecule has 0 spiro atoms. The van der Waals surface area contributed by atoms with E-state index in [1.54, 1.807) is 0 Å². The zero-order chi connectivity index (χ0) is 26.6. The molecule has 0 unspecified atom stereocenters. The van der Waals surface area contributed by atoms with E-state index in [1.807, 2.05) is 39.0 Å². The highest BCUT2D eigenvalue weighted by atomic mass is 19.4. The van der Waals surface area contributed by atoms with Crippen LogP contribution in [0.15, 0.2) is 46.5 Å². The van der Waals surface area contributed by atoms with Gasteiger partial charge in [0.15, 0.2) is 11.5 Å². The molecular weight excluding hydrogens is 455 g/mol. The number of aliphatic imine (C=N–C) groups is 1. The molecule has 2 rings (SSSR count). The molecule has 1 aromatic rings. The van der Waals surface area contributed by atoms with Crippen LogP contribution in [0.3, 0.4) is 0 Å². The standard InChI is InChI=1S/C24H32F3N5O.C2H6/c1-5-9-16(7-3)13-18(10-6-2)22(28)30-19(17-11-8-12-17)15-29-23(33)20-14-21(24(25,26)27)31-32(20)4;1-2/h6,9-10,13-14,17,28H,5,7-8,11-12,15H2,1-4H3,(H,29,33);1-2H3/b10-6-,16-9+,18-13+,28-22?,30-19?;. The summed E-state index contributed by atoms with van der Waals surface area (Å²) in [5.74, 6) is -0.423. The summed E-state index contributed by atoms with van der Waals surface area (Å²) in [5, 5.41) is 14.6. The Morgan fingerprint density at radius 1 is 1.31 bits per heavy atom. The predicted octanol–water partition coefficient (Wildman–Crippen LogP) is 6.66. The molecule has 1 aromatic heterocycles. The van der Waals surface area contributed by atoms with Crippen LogP contribution >= 0.6 is 0 Å². The van der Waals surface area contributed by atoms with E-state index in [-0.39, 0.29) is 24.0 Å². The lowest BCUT2D eigenvalue weighted by atomic mass is 9.81. The first kappa shape index (κ1) is 30.1. The summed E-state index contributed by atoms with van der Waals surface area (Å²) in [6.45, 7) is 10.0. The molecule has 194 valence electrons. The Morgan fingerprint density at radius 2 is 1.97 bits per heavy atom. The Bertz CT molecular complexity index is 980. The van der Waals surface area contributed by atoms with Crippen LogP contribution in [0.5, 0.6) is 0 Å². The number of hydrogen-bond acceptors (Lipinski definition) is 3. The second-order valence-electron chi connectivity index (χ2n) is 7.94. The molecule has 9 heteroatoms.